The smallest absolute Gasteiger partial charge is 0.325 e. The number of benzene rings is 1. The van der Waals surface area contributed by atoms with Crippen LogP contribution in [0.2, 0.25) is 0 Å². The third kappa shape index (κ3) is 5.44. The van der Waals surface area contributed by atoms with E-state index < -0.39 is 46.8 Å². The van der Waals surface area contributed by atoms with Crippen molar-refractivity contribution in [2.24, 2.45) is 0 Å². The van der Waals surface area contributed by atoms with Crippen molar-refractivity contribution in [3.05, 3.63) is 54.5 Å². The van der Waals surface area contributed by atoms with E-state index in [1.165, 1.54) is 23.3 Å². The number of carbonyl (C=O) groups excluding carboxylic acids is 3. The van der Waals surface area contributed by atoms with E-state index >= 15 is 0 Å². The Hall–Kier alpha value is -3.14. The first-order valence-electron chi connectivity index (χ1n) is 8.90. The molecule has 1 fully saturated rings. The fourth-order valence-corrected chi connectivity index (χ4v) is 4.74. The summed E-state index contributed by atoms with van der Waals surface area (Å²) in [6.45, 7) is -1.00. The molecule has 1 aromatic carbocycles. The van der Waals surface area contributed by atoms with Crippen LogP contribution in [-0.4, -0.2) is 56.9 Å². The Kier molecular flexibility index (Phi) is 6.32. The average Bonchev–Trinajstić information content (AvgIpc) is 3.35. The van der Waals surface area contributed by atoms with Crippen LogP contribution in [-0.2, 0) is 24.2 Å². The summed E-state index contributed by atoms with van der Waals surface area (Å²) in [7, 11) is -3.21. The van der Waals surface area contributed by atoms with Crippen molar-refractivity contribution >= 4 is 33.3 Å². The van der Waals surface area contributed by atoms with Crippen LogP contribution in [0.25, 0.3) is 0 Å². The predicted octanol–water partition coefficient (Wildman–Crippen LogP) is 0.773. The number of ether oxygens (including phenoxy) is 1. The van der Waals surface area contributed by atoms with Crippen molar-refractivity contribution in [1.29, 1.82) is 0 Å². The van der Waals surface area contributed by atoms with Gasteiger partial charge in [0.2, 0.25) is 0 Å². The van der Waals surface area contributed by atoms with Gasteiger partial charge in [-0.15, -0.1) is 0 Å². The molecule has 0 radical (unpaired) electrons. The van der Waals surface area contributed by atoms with Crippen molar-refractivity contribution < 1.29 is 32.0 Å². The molecule has 154 valence electrons. The number of carbonyl (C=O) groups is 3. The monoisotopic (exact) mass is 420 g/mol. The molecule has 10 heteroatoms. The maximum atomic E-state index is 12.7. The lowest BCUT2D eigenvalue weighted by Gasteiger charge is -2.28. The Morgan fingerprint density at radius 2 is 1.90 bits per heavy atom. The first kappa shape index (κ1) is 20.6. The quantitative estimate of drug-likeness (QED) is 0.657. The maximum Gasteiger partial charge on any atom is 0.325 e. The zero-order chi connectivity index (χ0) is 20.9. The minimum Gasteiger partial charge on any atom is -0.459 e. The summed E-state index contributed by atoms with van der Waals surface area (Å²) < 4.78 is 33.5. The molecule has 2 aromatic rings. The SMILES string of the molecule is O=C(CNC(=O)c1ccco1)OCC(=O)N(c1ccccc1)C1CCS(=O)(=O)C1. The number of nitrogens with one attached hydrogen (secondary N) is 1. The highest BCUT2D eigenvalue weighted by Gasteiger charge is 2.35. The van der Waals surface area contributed by atoms with Crippen molar-refractivity contribution in [3.63, 3.8) is 0 Å². The lowest BCUT2D eigenvalue weighted by molar-refractivity contribution is -0.146. The third-order valence-electron chi connectivity index (χ3n) is 4.37. The summed E-state index contributed by atoms with van der Waals surface area (Å²) in [6, 6.07) is 11.1. The first-order valence-corrected chi connectivity index (χ1v) is 10.7. The van der Waals surface area contributed by atoms with E-state index in [1.54, 1.807) is 30.3 Å². The maximum absolute atomic E-state index is 12.7. The molecule has 1 aliphatic rings. The standard InChI is InChI=1S/C19H20N2O7S/c22-17(12-28-18(23)11-20-19(24)16-7-4-9-27-16)21(14-5-2-1-3-6-14)15-8-10-29(25,26)13-15/h1-7,9,15H,8,10-13H2,(H,20,24). The van der Waals surface area contributed by atoms with Crippen LogP contribution in [0.3, 0.4) is 0 Å². The Morgan fingerprint density at radius 1 is 1.14 bits per heavy atom. The molecule has 0 bridgehead atoms. The largest absolute Gasteiger partial charge is 0.459 e. The summed E-state index contributed by atoms with van der Waals surface area (Å²) >= 11 is 0. The molecule has 2 amide bonds. The van der Waals surface area contributed by atoms with Gasteiger partial charge < -0.3 is 19.4 Å². The van der Waals surface area contributed by atoms with Gasteiger partial charge in [-0.25, -0.2) is 8.42 Å². The third-order valence-corrected chi connectivity index (χ3v) is 6.12. The Balaban J connectivity index is 1.58. The van der Waals surface area contributed by atoms with Gasteiger partial charge in [0.05, 0.1) is 23.8 Å². The number of furan rings is 1. The van der Waals surface area contributed by atoms with Gasteiger partial charge in [-0.1, -0.05) is 18.2 Å². The number of nitrogens with zero attached hydrogens (tertiary/aromatic N) is 1. The van der Waals surface area contributed by atoms with Crippen molar-refractivity contribution in [2.45, 2.75) is 12.5 Å². The van der Waals surface area contributed by atoms with Crippen LogP contribution in [0, 0.1) is 0 Å². The van der Waals surface area contributed by atoms with Crippen LogP contribution in [0.15, 0.2) is 53.1 Å². The highest BCUT2D eigenvalue weighted by atomic mass is 32.2. The predicted molar refractivity (Wildman–Crippen MR) is 103 cm³/mol. The van der Waals surface area contributed by atoms with Gasteiger partial charge in [-0.3, -0.25) is 14.4 Å². The molecular weight excluding hydrogens is 400 g/mol. The van der Waals surface area contributed by atoms with Crippen molar-refractivity contribution in [2.75, 3.05) is 29.6 Å². The normalized spacial score (nSPS) is 17.4. The molecule has 0 spiro atoms. The van der Waals surface area contributed by atoms with E-state index in [2.05, 4.69) is 5.32 Å². The topological polar surface area (TPSA) is 123 Å². The second-order valence-electron chi connectivity index (χ2n) is 6.48. The first-order chi connectivity index (χ1) is 13.9. The number of anilines is 1. The van der Waals surface area contributed by atoms with E-state index in [1.807, 2.05) is 0 Å². The molecular formula is C19H20N2O7S. The highest BCUT2D eigenvalue weighted by molar-refractivity contribution is 7.91. The van der Waals surface area contributed by atoms with Crippen LogP contribution in [0.1, 0.15) is 17.0 Å². The van der Waals surface area contributed by atoms with E-state index in [-0.39, 0.29) is 17.3 Å². The molecule has 1 N–H and O–H groups in total. The Labute approximate surface area is 167 Å². The van der Waals surface area contributed by atoms with E-state index in [0.717, 1.165) is 0 Å². The van der Waals surface area contributed by atoms with Crippen molar-refractivity contribution in [1.82, 2.24) is 5.32 Å². The molecule has 1 aromatic heterocycles. The minimum atomic E-state index is -3.21. The number of rotatable bonds is 7. The van der Waals surface area contributed by atoms with Gasteiger partial charge in [0.1, 0.15) is 6.54 Å². The molecule has 29 heavy (non-hydrogen) atoms. The van der Waals surface area contributed by atoms with E-state index in [0.29, 0.717) is 12.1 Å². The van der Waals surface area contributed by atoms with E-state index in [9.17, 15) is 22.8 Å². The summed E-state index contributed by atoms with van der Waals surface area (Å²) in [6.07, 6.45) is 1.64. The number of esters is 1. The Morgan fingerprint density at radius 3 is 2.52 bits per heavy atom. The Bertz CT molecular complexity index is 971. The van der Waals surface area contributed by atoms with Crippen LogP contribution in [0.5, 0.6) is 0 Å². The van der Waals surface area contributed by atoms with Gasteiger partial charge in [-0.05, 0) is 30.7 Å². The van der Waals surface area contributed by atoms with Gasteiger partial charge in [0.25, 0.3) is 11.8 Å². The van der Waals surface area contributed by atoms with Gasteiger partial charge in [-0.2, -0.15) is 0 Å². The summed E-state index contributed by atoms with van der Waals surface area (Å²) in [5.74, 6) is -2.01. The average molecular weight is 420 g/mol. The molecule has 1 aliphatic heterocycles. The number of amides is 2. The molecule has 1 saturated heterocycles. The lowest BCUT2D eigenvalue weighted by Crippen LogP contribution is -2.44. The van der Waals surface area contributed by atoms with Gasteiger partial charge >= 0.3 is 5.97 Å². The van der Waals surface area contributed by atoms with Gasteiger partial charge in [0, 0.05) is 5.69 Å². The molecule has 3 rings (SSSR count). The number of hydrogen-bond acceptors (Lipinski definition) is 7. The number of hydrogen-bond donors (Lipinski definition) is 1. The summed E-state index contributed by atoms with van der Waals surface area (Å²) in [4.78, 5) is 37.7. The van der Waals surface area contributed by atoms with Crippen LogP contribution < -0.4 is 10.2 Å². The molecule has 1 atom stereocenters. The molecule has 9 nitrogen and oxygen atoms in total. The molecule has 0 saturated carbocycles. The second-order valence-corrected chi connectivity index (χ2v) is 8.71. The minimum absolute atomic E-state index is 0.00682. The van der Waals surface area contributed by atoms with Crippen molar-refractivity contribution in [3.8, 4) is 0 Å². The number of para-hydroxylation sites is 1. The molecule has 2 heterocycles. The second kappa shape index (κ2) is 8.91. The number of sulfone groups is 1. The molecule has 1 unspecified atom stereocenters. The fraction of sp³-hybridized carbons (Fsp3) is 0.316. The van der Waals surface area contributed by atoms with Crippen LogP contribution >= 0.6 is 0 Å². The fourth-order valence-electron chi connectivity index (χ4n) is 3.04. The van der Waals surface area contributed by atoms with E-state index in [4.69, 9.17) is 9.15 Å². The van der Waals surface area contributed by atoms with Gasteiger partial charge in [0.15, 0.2) is 22.2 Å². The summed E-state index contributed by atoms with van der Waals surface area (Å²) in [5, 5.41) is 2.32. The highest BCUT2D eigenvalue weighted by Crippen LogP contribution is 2.24. The molecule has 0 aliphatic carbocycles. The lowest BCUT2D eigenvalue weighted by atomic mass is 10.2. The summed E-state index contributed by atoms with van der Waals surface area (Å²) in [5.41, 5.74) is 0.529. The van der Waals surface area contributed by atoms with Crippen LogP contribution in [0.4, 0.5) is 5.69 Å². The zero-order valence-corrected chi connectivity index (χ0v) is 16.3. The zero-order valence-electron chi connectivity index (χ0n) is 15.4.